The lowest BCUT2D eigenvalue weighted by molar-refractivity contribution is 0.614. The zero-order valence-electron chi connectivity index (χ0n) is 10.7. The standard InChI is InChI=1S/C11H18N2.C2H6/c1-4-13(9-10(2)3)11-7-5-6-8-12-11;1-2/h5-8,10H,4,9H2,1-3H3;1-2H3. The zero-order chi connectivity index (χ0) is 11.7. The van der Waals surface area contributed by atoms with Crippen molar-refractivity contribution in [2.24, 2.45) is 5.92 Å². The number of rotatable bonds is 4. The van der Waals surface area contributed by atoms with Crippen LogP contribution in [0.4, 0.5) is 5.82 Å². The van der Waals surface area contributed by atoms with Crippen LogP contribution in [0.3, 0.4) is 0 Å². The summed E-state index contributed by atoms with van der Waals surface area (Å²) >= 11 is 0. The molecule has 1 heterocycles. The van der Waals surface area contributed by atoms with E-state index in [1.165, 1.54) is 0 Å². The number of anilines is 1. The van der Waals surface area contributed by atoms with Crippen LogP contribution >= 0.6 is 0 Å². The lowest BCUT2D eigenvalue weighted by Crippen LogP contribution is -2.27. The van der Waals surface area contributed by atoms with Crippen molar-refractivity contribution in [3.05, 3.63) is 24.4 Å². The van der Waals surface area contributed by atoms with E-state index in [1.807, 2.05) is 32.2 Å². The lowest BCUT2D eigenvalue weighted by Gasteiger charge is -2.23. The topological polar surface area (TPSA) is 16.1 Å². The Kier molecular flexibility index (Phi) is 7.69. The molecule has 0 N–H and O–H groups in total. The van der Waals surface area contributed by atoms with E-state index >= 15 is 0 Å². The summed E-state index contributed by atoms with van der Waals surface area (Å²) in [6.45, 7) is 12.7. The van der Waals surface area contributed by atoms with Crippen molar-refractivity contribution in [1.82, 2.24) is 4.98 Å². The Hall–Kier alpha value is -1.05. The van der Waals surface area contributed by atoms with Crippen LogP contribution in [-0.4, -0.2) is 18.1 Å². The molecule has 1 aromatic rings. The van der Waals surface area contributed by atoms with Crippen LogP contribution in [-0.2, 0) is 0 Å². The van der Waals surface area contributed by atoms with Gasteiger partial charge in [0.25, 0.3) is 0 Å². The van der Waals surface area contributed by atoms with Gasteiger partial charge in [0.15, 0.2) is 0 Å². The van der Waals surface area contributed by atoms with Crippen molar-refractivity contribution in [2.45, 2.75) is 34.6 Å². The molecule has 0 radical (unpaired) electrons. The highest BCUT2D eigenvalue weighted by atomic mass is 15.2. The molecule has 2 nitrogen and oxygen atoms in total. The summed E-state index contributed by atoms with van der Waals surface area (Å²) < 4.78 is 0. The molecule has 15 heavy (non-hydrogen) atoms. The summed E-state index contributed by atoms with van der Waals surface area (Å²) in [6.07, 6.45) is 1.85. The second kappa shape index (κ2) is 8.27. The second-order valence-electron chi connectivity index (χ2n) is 3.62. The summed E-state index contributed by atoms with van der Waals surface area (Å²) in [4.78, 5) is 6.63. The van der Waals surface area contributed by atoms with Crippen LogP contribution in [0.1, 0.15) is 34.6 Å². The van der Waals surface area contributed by atoms with Crippen molar-refractivity contribution >= 4 is 5.82 Å². The van der Waals surface area contributed by atoms with E-state index in [9.17, 15) is 0 Å². The van der Waals surface area contributed by atoms with E-state index in [0.717, 1.165) is 18.9 Å². The summed E-state index contributed by atoms with van der Waals surface area (Å²) in [5.74, 6) is 1.76. The van der Waals surface area contributed by atoms with Gasteiger partial charge in [0.1, 0.15) is 5.82 Å². The zero-order valence-corrected chi connectivity index (χ0v) is 10.7. The number of hydrogen-bond donors (Lipinski definition) is 0. The van der Waals surface area contributed by atoms with Gasteiger partial charge in [0, 0.05) is 19.3 Å². The minimum absolute atomic E-state index is 0.682. The van der Waals surface area contributed by atoms with Gasteiger partial charge in [0.05, 0.1) is 0 Å². The molecule has 0 bridgehead atoms. The van der Waals surface area contributed by atoms with Crippen LogP contribution in [0.25, 0.3) is 0 Å². The van der Waals surface area contributed by atoms with Gasteiger partial charge in [-0.25, -0.2) is 4.98 Å². The van der Waals surface area contributed by atoms with Gasteiger partial charge in [-0.15, -0.1) is 0 Å². The predicted molar refractivity (Wildman–Crippen MR) is 68.3 cm³/mol. The molecule has 86 valence electrons. The number of nitrogens with zero attached hydrogens (tertiary/aromatic N) is 2. The third-order valence-corrected chi connectivity index (χ3v) is 1.94. The normalized spacial score (nSPS) is 9.47. The largest absolute Gasteiger partial charge is 0.357 e. The molecule has 2 heteroatoms. The third kappa shape index (κ3) is 5.40. The fourth-order valence-corrected chi connectivity index (χ4v) is 1.37. The Balaban J connectivity index is 0.000000921. The van der Waals surface area contributed by atoms with Gasteiger partial charge < -0.3 is 4.90 Å². The summed E-state index contributed by atoms with van der Waals surface area (Å²) in [5.41, 5.74) is 0. The minimum Gasteiger partial charge on any atom is -0.357 e. The van der Waals surface area contributed by atoms with E-state index in [1.54, 1.807) is 0 Å². The summed E-state index contributed by atoms with van der Waals surface area (Å²) in [5, 5.41) is 0. The Bertz CT molecular complexity index is 232. The maximum atomic E-state index is 4.33. The third-order valence-electron chi connectivity index (χ3n) is 1.94. The molecule has 0 aliphatic carbocycles. The minimum atomic E-state index is 0.682. The fraction of sp³-hybridized carbons (Fsp3) is 0.615. The smallest absolute Gasteiger partial charge is 0.128 e. The molecule has 0 spiro atoms. The maximum absolute atomic E-state index is 4.33. The lowest BCUT2D eigenvalue weighted by atomic mass is 10.2. The molecule has 0 fully saturated rings. The first kappa shape index (κ1) is 13.9. The molecule has 0 unspecified atom stereocenters. The van der Waals surface area contributed by atoms with E-state index in [0.29, 0.717) is 5.92 Å². The Morgan fingerprint density at radius 2 is 1.93 bits per heavy atom. The molecule has 0 amide bonds. The fourth-order valence-electron chi connectivity index (χ4n) is 1.37. The van der Waals surface area contributed by atoms with Gasteiger partial charge in [0.2, 0.25) is 0 Å². The average Bonchev–Trinajstić information content (AvgIpc) is 2.29. The summed E-state index contributed by atoms with van der Waals surface area (Å²) in [7, 11) is 0. The van der Waals surface area contributed by atoms with Crippen LogP contribution in [0.5, 0.6) is 0 Å². The highest BCUT2D eigenvalue weighted by Crippen LogP contribution is 2.10. The van der Waals surface area contributed by atoms with Gasteiger partial charge in [-0.1, -0.05) is 33.8 Å². The molecule has 0 atom stereocenters. The second-order valence-corrected chi connectivity index (χ2v) is 3.62. The van der Waals surface area contributed by atoms with E-state index in [2.05, 4.69) is 36.7 Å². The molecule has 0 saturated carbocycles. The molecular formula is C13H24N2. The van der Waals surface area contributed by atoms with Gasteiger partial charge in [-0.3, -0.25) is 0 Å². The molecule has 0 saturated heterocycles. The molecule has 0 aliphatic heterocycles. The van der Waals surface area contributed by atoms with Crippen LogP contribution < -0.4 is 4.90 Å². The van der Waals surface area contributed by atoms with Gasteiger partial charge in [-0.2, -0.15) is 0 Å². The quantitative estimate of drug-likeness (QED) is 0.751. The first-order chi connectivity index (χ1) is 7.24. The first-order valence-electron chi connectivity index (χ1n) is 5.90. The molecule has 1 aromatic heterocycles. The van der Waals surface area contributed by atoms with E-state index in [4.69, 9.17) is 0 Å². The van der Waals surface area contributed by atoms with Gasteiger partial charge >= 0.3 is 0 Å². The molecule has 0 aliphatic rings. The average molecular weight is 208 g/mol. The molecule has 0 aromatic carbocycles. The van der Waals surface area contributed by atoms with Crippen LogP contribution in [0.2, 0.25) is 0 Å². The molecule has 1 rings (SSSR count). The van der Waals surface area contributed by atoms with Crippen molar-refractivity contribution in [3.8, 4) is 0 Å². The number of aromatic nitrogens is 1. The monoisotopic (exact) mass is 208 g/mol. The Morgan fingerprint density at radius 1 is 1.27 bits per heavy atom. The predicted octanol–water partition coefficient (Wildman–Crippen LogP) is 3.59. The molecular weight excluding hydrogens is 184 g/mol. The first-order valence-corrected chi connectivity index (χ1v) is 5.90. The van der Waals surface area contributed by atoms with Crippen LogP contribution in [0.15, 0.2) is 24.4 Å². The van der Waals surface area contributed by atoms with E-state index in [-0.39, 0.29) is 0 Å². The number of pyridine rings is 1. The van der Waals surface area contributed by atoms with Crippen molar-refractivity contribution < 1.29 is 0 Å². The summed E-state index contributed by atoms with van der Waals surface area (Å²) in [6, 6.07) is 6.05. The Morgan fingerprint density at radius 3 is 2.33 bits per heavy atom. The maximum Gasteiger partial charge on any atom is 0.128 e. The SMILES string of the molecule is CC.CCN(CC(C)C)c1ccccn1. The van der Waals surface area contributed by atoms with Crippen molar-refractivity contribution in [2.75, 3.05) is 18.0 Å². The van der Waals surface area contributed by atoms with Gasteiger partial charge in [-0.05, 0) is 25.0 Å². The van der Waals surface area contributed by atoms with Crippen LogP contribution in [0, 0.1) is 5.92 Å². The Labute approximate surface area is 94.3 Å². The highest BCUT2D eigenvalue weighted by molar-refractivity contribution is 5.37. The van der Waals surface area contributed by atoms with E-state index < -0.39 is 0 Å². The number of hydrogen-bond acceptors (Lipinski definition) is 2. The van der Waals surface area contributed by atoms with Crippen molar-refractivity contribution in [1.29, 1.82) is 0 Å². The van der Waals surface area contributed by atoms with Crippen molar-refractivity contribution in [3.63, 3.8) is 0 Å². The highest BCUT2D eigenvalue weighted by Gasteiger charge is 2.05.